The maximum absolute atomic E-state index is 13.9. The van der Waals surface area contributed by atoms with Gasteiger partial charge in [-0.1, -0.05) is 19.9 Å². The number of rotatable bonds is 3. The molecule has 21 heavy (non-hydrogen) atoms. The van der Waals surface area contributed by atoms with E-state index in [0.717, 1.165) is 10.9 Å². The van der Waals surface area contributed by atoms with Crippen LogP contribution in [0.25, 0.3) is 11.0 Å². The predicted octanol–water partition coefficient (Wildman–Crippen LogP) is 5.28. The van der Waals surface area contributed by atoms with Crippen LogP contribution in [0.4, 0.5) is 8.78 Å². The van der Waals surface area contributed by atoms with Crippen molar-refractivity contribution >= 4 is 34.6 Å². The molecular weight excluding hydrogens is 310 g/mol. The minimum absolute atomic E-state index is 0.0487. The highest BCUT2D eigenvalue weighted by molar-refractivity contribution is 7.71. The van der Waals surface area contributed by atoms with E-state index in [0.29, 0.717) is 10.3 Å². The Morgan fingerprint density at radius 3 is 2.67 bits per heavy atom. The molecule has 0 saturated heterocycles. The standard InChI is InChI=1S/C15H14F2N2S2/c1-8(2)14(12-4-3-5-21-12)19-11-7-9(16)6-10(17)13(11)18-15(19)20/h3-8,14H,1-2H3,(H,18,20). The van der Waals surface area contributed by atoms with E-state index in [1.807, 2.05) is 22.1 Å². The van der Waals surface area contributed by atoms with E-state index in [4.69, 9.17) is 12.2 Å². The SMILES string of the molecule is CC(C)C(c1cccs1)n1c(=S)[nH]c2c(F)cc(F)cc21. The summed E-state index contributed by atoms with van der Waals surface area (Å²) in [4.78, 5) is 3.98. The van der Waals surface area contributed by atoms with E-state index in [1.165, 1.54) is 6.07 Å². The molecule has 1 aromatic carbocycles. The molecule has 1 N–H and O–H groups in total. The summed E-state index contributed by atoms with van der Waals surface area (Å²) in [6, 6.07) is 6.13. The molecule has 0 amide bonds. The van der Waals surface area contributed by atoms with Gasteiger partial charge in [0.15, 0.2) is 10.6 Å². The van der Waals surface area contributed by atoms with Crippen LogP contribution in [-0.2, 0) is 0 Å². The summed E-state index contributed by atoms with van der Waals surface area (Å²) < 4.78 is 29.7. The largest absolute Gasteiger partial charge is 0.328 e. The summed E-state index contributed by atoms with van der Waals surface area (Å²) in [7, 11) is 0. The number of fused-ring (bicyclic) bond motifs is 1. The van der Waals surface area contributed by atoms with Crippen molar-refractivity contribution in [1.29, 1.82) is 0 Å². The normalized spacial score (nSPS) is 13.2. The van der Waals surface area contributed by atoms with Crippen molar-refractivity contribution in [3.05, 3.63) is 50.9 Å². The molecule has 1 unspecified atom stereocenters. The Labute approximate surface area is 130 Å². The van der Waals surface area contributed by atoms with Gasteiger partial charge in [-0.25, -0.2) is 8.78 Å². The lowest BCUT2D eigenvalue weighted by atomic mass is 10.0. The monoisotopic (exact) mass is 324 g/mol. The number of halogens is 2. The van der Waals surface area contributed by atoms with Gasteiger partial charge in [-0.2, -0.15) is 0 Å². The third-order valence-electron chi connectivity index (χ3n) is 3.49. The highest BCUT2D eigenvalue weighted by Gasteiger charge is 2.23. The van der Waals surface area contributed by atoms with Crippen LogP contribution in [0.3, 0.4) is 0 Å². The fraction of sp³-hybridized carbons (Fsp3) is 0.267. The number of H-pyrrole nitrogens is 1. The first-order valence-corrected chi connectivity index (χ1v) is 7.90. The third kappa shape index (κ3) is 2.42. The Morgan fingerprint density at radius 2 is 2.05 bits per heavy atom. The van der Waals surface area contributed by atoms with E-state index >= 15 is 0 Å². The number of hydrogen-bond donors (Lipinski definition) is 1. The Morgan fingerprint density at radius 1 is 1.29 bits per heavy atom. The molecule has 0 bridgehead atoms. The predicted molar refractivity (Wildman–Crippen MR) is 84.3 cm³/mol. The van der Waals surface area contributed by atoms with Crippen LogP contribution in [0.1, 0.15) is 24.8 Å². The molecule has 0 spiro atoms. The van der Waals surface area contributed by atoms with Gasteiger partial charge in [0.05, 0.1) is 11.6 Å². The average molecular weight is 324 g/mol. The summed E-state index contributed by atoms with van der Waals surface area (Å²) in [5.41, 5.74) is 0.716. The molecule has 0 aliphatic heterocycles. The van der Waals surface area contributed by atoms with Gasteiger partial charge in [0.1, 0.15) is 11.3 Å². The van der Waals surface area contributed by atoms with Gasteiger partial charge in [-0.15, -0.1) is 11.3 Å². The highest BCUT2D eigenvalue weighted by Crippen LogP contribution is 2.34. The zero-order valence-electron chi connectivity index (χ0n) is 11.6. The first kappa shape index (κ1) is 14.4. The zero-order chi connectivity index (χ0) is 15.1. The lowest BCUT2D eigenvalue weighted by Gasteiger charge is -2.22. The molecule has 0 saturated carbocycles. The van der Waals surface area contributed by atoms with E-state index < -0.39 is 11.6 Å². The van der Waals surface area contributed by atoms with Crippen LogP contribution in [-0.4, -0.2) is 9.55 Å². The Bertz CT molecular complexity index is 831. The maximum atomic E-state index is 13.9. The van der Waals surface area contributed by atoms with E-state index in [9.17, 15) is 8.78 Å². The highest BCUT2D eigenvalue weighted by atomic mass is 32.1. The summed E-state index contributed by atoms with van der Waals surface area (Å²) in [5.74, 6) is -0.986. The molecule has 0 radical (unpaired) electrons. The van der Waals surface area contributed by atoms with Crippen LogP contribution in [0.15, 0.2) is 29.6 Å². The topological polar surface area (TPSA) is 20.7 Å². The van der Waals surface area contributed by atoms with Crippen molar-refractivity contribution in [2.24, 2.45) is 5.92 Å². The number of imidazole rings is 1. The smallest absolute Gasteiger partial charge is 0.178 e. The third-order valence-corrected chi connectivity index (χ3v) is 4.73. The summed E-state index contributed by atoms with van der Waals surface area (Å²) in [6.45, 7) is 4.14. The molecule has 0 aliphatic rings. The van der Waals surface area contributed by atoms with Crippen molar-refractivity contribution in [2.75, 3.05) is 0 Å². The Balaban J connectivity index is 2.32. The van der Waals surface area contributed by atoms with E-state index in [-0.39, 0.29) is 17.5 Å². The molecule has 0 fully saturated rings. The molecule has 110 valence electrons. The number of thiophene rings is 1. The Hall–Kier alpha value is -1.53. The van der Waals surface area contributed by atoms with Crippen molar-refractivity contribution in [3.63, 3.8) is 0 Å². The lowest BCUT2D eigenvalue weighted by Crippen LogP contribution is -2.15. The van der Waals surface area contributed by atoms with Crippen LogP contribution in [0.2, 0.25) is 0 Å². The van der Waals surface area contributed by atoms with E-state index in [1.54, 1.807) is 11.3 Å². The fourth-order valence-electron chi connectivity index (χ4n) is 2.64. The number of hydrogen-bond acceptors (Lipinski definition) is 2. The van der Waals surface area contributed by atoms with Crippen LogP contribution in [0.5, 0.6) is 0 Å². The van der Waals surface area contributed by atoms with E-state index in [2.05, 4.69) is 18.8 Å². The molecule has 2 heterocycles. The van der Waals surface area contributed by atoms with Gasteiger partial charge in [-0.3, -0.25) is 0 Å². The minimum atomic E-state index is -0.622. The van der Waals surface area contributed by atoms with Gasteiger partial charge < -0.3 is 9.55 Å². The van der Waals surface area contributed by atoms with Gasteiger partial charge in [0.2, 0.25) is 0 Å². The fourth-order valence-corrected chi connectivity index (χ4v) is 3.94. The van der Waals surface area contributed by atoms with Gasteiger partial charge in [0.25, 0.3) is 0 Å². The summed E-state index contributed by atoms with van der Waals surface area (Å²) in [6.07, 6.45) is 0. The number of nitrogens with zero attached hydrogens (tertiary/aromatic N) is 1. The molecular formula is C15H14F2N2S2. The maximum Gasteiger partial charge on any atom is 0.178 e. The molecule has 6 heteroatoms. The second kappa shape index (κ2) is 5.35. The van der Waals surface area contributed by atoms with Crippen molar-refractivity contribution in [2.45, 2.75) is 19.9 Å². The molecule has 3 aromatic rings. The number of aromatic nitrogens is 2. The number of nitrogens with one attached hydrogen (secondary N) is 1. The molecule has 2 nitrogen and oxygen atoms in total. The van der Waals surface area contributed by atoms with Crippen LogP contribution in [0, 0.1) is 22.3 Å². The van der Waals surface area contributed by atoms with Crippen LogP contribution >= 0.6 is 23.6 Å². The van der Waals surface area contributed by atoms with Gasteiger partial charge in [0, 0.05) is 10.9 Å². The van der Waals surface area contributed by atoms with Crippen molar-refractivity contribution < 1.29 is 8.78 Å². The van der Waals surface area contributed by atoms with Gasteiger partial charge >= 0.3 is 0 Å². The molecule has 2 aromatic heterocycles. The molecule has 1 atom stereocenters. The lowest BCUT2D eigenvalue weighted by molar-refractivity contribution is 0.448. The zero-order valence-corrected chi connectivity index (χ0v) is 13.2. The van der Waals surface area contributed by atoms with Crippen molar-refractivity contribution in [3.8, 4) is 0 Å². The van der Waals surface area contributed by atoms with Crippen molar-refractivity contribution in [1.82, 2.24) is 9.55 Å². The quantitative estimate of drug-likeness (QED) is 0.650. The molecule has 0 aliphatic carbocycles. The first-order chi connectivity index (χ1) is 9.99. The first-order valence-electron chi connectivity index (χ1n) is 6.61. The second-order valence-electron chi connectivity index (χ2n) is 5.29. The average Bonchev–Trinajstić information content (AvgIpc) is 3.00. The minimum Gasteiger partial charge on any atom is -0.328 e. The summed E-state index contributed by atoms with van der Waals surface area (Å²) >= 11 is 6.96. The molecule has 3 rings (SSSR count). The number of benzene rings is 1. The Kier molecular flexibility index (Phi) is 3.67. The van der Waals surface area contributed by atoms with Crippen LogP contribution < -0.4 is 0 Å². The summed E-state index contributed by atoms with van der Waals surface area (Å²) in [5, 5.41) is 1.99. The number of aromatic amines is 1. The van der Waals surface area contributed by atoms with Gasteiger partial charge in [-0.05, 0) is 35.6 Å². The second-order valence-corrected chi connectivity index (χ2v) is 6.65.